The summed E-state index contributed by atoms with van der Waals surface area (Å²) in [6.07, 6.45) is 2.20. The van der Waals surface area contributed by atoms with Crippen LogP contribution in [0, 0.1) is 0 Å². The van der Waals surface area contributed by atoms with E-state index in [1.807, 2.05) is 0 Å². The summed E-state index contributed by atoms with van der Waals surface area (Å²) in [6, 6.07) is 4.63. The van der Waals surface area contributed by atoms with Gasteiger partial charge in [-0.1, -0.05) is 22.4 Å². The van der Waals surface area contributed by atoms with Crippen molar-refractivity contribution in [2.75, 3.05) is 0 Å². The van der Waals surface area contributed by atoms with Gasteiger partial charge in [-0.05, 0) is 6.07 Å². The van der Waals surface area contributed by atoms with E-state index in [9.17, 15) is 5.11 Å². The van der Waals surface area contributed by atoms with Gasteiger partial charge in [0.2, 0.25) is 0 Å². The van der Waals surface area contributed by atoms with Gasteiger partial charge in [0.1, 0.15) is 5.75 Å². The summed E-state index contributed by atoms with van der Waals surface area (Å²) in [5, 5.41) is 31.5. The van der Waals surface area contributed by atoms with Gasteiger partial charge in [0.15, 0.2) is 0 Å². The Balaban J connectivity index is 3.25. The summed E-state index contributed by atoms with van der Waals surface area (Å²) in [5.74, 6) is -0.0461. The molecule has 3 N–H and O–H groups in total. The van der Waals surface area contributed by atoms with Crippen LogP contribution in [0.15, 0.2) is 28.5 Å². The Hall–Kier alpha value is -2.04. The minimum atomic E-state index is -0.0461. The molecule has 0 heterocycles. The van der Waals surface area contributed by atoms with Gasteiger partial charge in [0.05, 0.1) is 12.4 Å². The summed E-state index contributed by atoms with van der Waals surface area (Å²) in [5.41, 5.74) is 0.753. The maximum absolute atomic E-state index is 9.30. The molecule has 1 rings (SSSR count). The predicted octanol–water partition coefficient (Wildman–Crippen LogP) is 1.01. The summed E-state index contributed by atoms with van der Waals surface area (Å²) < 4.78 is 0. The Kier molecular flexibility index (Phi) is 2.86. The molecule has 5 nitrogen and oxygen atoms in total. The van der Waals surface area contributed by atoms with Gasteiger partial charge in [0, 0.05) is 11.1 Å². The van der Waals surface area contributed by atoms with Crippen LogP contribution in [-0.2, 0) is 0 Å². The third-order valence-electron chi connectivity index (χ3n) is 1.50. The summed E-state index contributed by atoms with van der Waals surface area (Å²) >= 11 is 0. The molecule has 5 heteroatoms. The Labute approximate surface area is 74.2 Å². The van der Waals surface area contributed by atoms with Crippen LogP contribution in [0.1, 0.15) is 11.1 Å². The van der Waals surface area contributed by atoms with Crippen LogP contribution in [0.2, 0.25) is 0 Å². The van der Waals surface area contributed by atoms with E-state index in [1.54, 1.807) is 12.1 Å². The Morgan fingerprint density at radius 2 is 1.77 bits per heavy atom. The lowest BCUT2D eigenvalue weighted by molar-refractivity contribution is 0.321. The quantitative estimate of drug-likeness (QED) is 0.360. The molecule has 1 aromatic rings. The summed E-state index contributed by atoms with van der Waals surface area (Å²) in [6.45, 7) is 0. The fraction of sp³-hybridized carbons (Fsp3) is 0. The lowest BCUT2D eigenvalue weighted by Gasteiger charge is -2.00. The highest BCUT2D eigenvalue weighted by atomic mass is 16.4. The third-order valence-corrected chi connectivity index (χ3v) is 1.50. The van der Waals surface area contributed by atoms with Crippen LogP contribution < -0.4 is 0 Å². The van der Waals surface area contributed by atoms with Gasteiger partial charge in [-0.3, -0.25) is 0 Å². The van der Waals surface area contributed by atoms with Crippen LogP contribution in [0.25, 0.3) is 0 Å². The lowest BCUT2D eigenvalue weighted by atomic mass is 10.1. The van der Waals surface area contributed by atoms with Gasteiger partial charge >= 0.3 is 0 Å². The molecule has 0 radical (unpaired) electrons. The maximum Gasteiger partial charge on any atom is 0.125 e. The number of benzene rings is 1. The molecule has 0 fully saturated rings. The fourth-order valence-corrected chi connectivity index (χ4v) is 0.944. The molecular weight excluding hydrogens is 172 g/mol. The van der Waals surface area contributed by atoms with Crippen molar-refractivity contribution >= 4 is 12.4 Å². The van der Waals surface area contributed by atoms with Crippen LogP contribution in [0.4, 0.5) is 0 Å². The summed E-state index contributed by atoms with van der Waals surface area (Å²) in [7, 11) is 0. The van der Waals surface area contributed by atoms with Crippen molar-refractivity contribution in [2.24, 2.45) is 10.3 Å². The standard InChI is InChI=1S/C8H8N2O3/c11-8-3-1-2-6(4-9-12)7(8)5-10-13/h1-5,11-13H/b9-4?,10-5+. The molecule has 68 valence electrons. The zero-order valence-electron chi connectivity index (χ0n) is 6.62. The van der Waals surface area contributed by atoms with E-state index in [0.29, 0.717) is 11.1 Å². The first-order valence-corrected chi connectivity index (χ1v) is 3.46. The van der Waals surface area contributed by atoms with E-state index in [0.717, 1.165) is 12.4 Å². The van der Waals surface area contributed by atoms with Crippen LogP contribution >= 0.6 is 0 Å². The van der Waals surface area contributed by atoms with Crippen molar-refractivity contribution in [2.45, 2.75) is 0 Å². The number of phenols is 1. The fourth-order valence-electron chi connectivity index (χ4n) is 0.944. The number of hydrogen-bond donors (Lipinski definition) is 3. The molecule has 0 saturated carbocycles. The number of oxime groups is 2. The van der Waals surface area contributed by atoms with Gasteiger partial charge in [-0.2, -0.15) is 0 Å². The molecule has 0 spiro atoms. The van der Waals surface area contributed by atoms with E-state index < -0.39 is 0 Å². The van der Waals surface area contributed by atoms with Gasteiger partial charge in [-0.15, -0.1) is 0 Å². The molecule has 0 aliphatic carbocycles. The second kappa shape index (κ2) is 4.10. The highest BCUT2D eigenvalue weighted by molar-refractivity contribution is 5.96. The molecule has 0 saturated heterocycles. The summed E-state index contributed by atoms with van der Waals surface area (Å²) in [4.78, 5) is 0. The molecule has 0 unspecified atom stereocenters. The molecule has 0 atom stereocenters. The number of rotatable bonds is 2. The van der Waals surface area contributed by atoms with Gasteiger partial charge < -0.3 is 15.5 Å². The normalized spacial score (nSPS) is 11.4. The van der Waals surface area contributed by atoms with Crippen molar-refractivity contribution in [3.63, 3.8) is 0 Å². The largest absolute Gasteiger partial charge is 0.507 e. The molecule has 13 heavy (non-hydrogen) atoms. The number of phenolic OH excluding ortho intramolecular Hbond substituents is 1. The average Bonchev–Trinajstić information content (AvgIpc) is 2.11. The van der Waals surface area contributed by atoms with Crippen LogP contribution in [0.5, 0.6) is 5.75 Å². The van der Waals surface area contributed by atoms with E-state index in [2.05, 4.69) is 10.3 Å². The number of hydrogen-bond acceptors (Lipinski definition) is 5. The lowest BCUT2D eigenvalue weighted by Crippen LogP contribution is -1.92. The van der Waals surface area contributed by atoms with Crippen molar-refractivity contribution in [1.82, 2.24) is 0 Å². The van der Waals surface area contributed by atoms with E-state index in [1.165, 1.54) is 6.07 Å². The Morgan fingerprint density at radius 1 is 1.08 bits per heavy atom. The smallest absolute Gasteiger partial charge is 0.125 e. The van der Waals surface area contributed by atoms with Crippen molar-refractivity contribution in [3.05, 3.63) is 29.3 Å². The van der Waals surface area contributed by atoms with Crippen molar-refractivity contribution < 1.29 is 15.5 Å². The molecular formula is C8H8N2O3. The van der Waals surface area contributed by atoms with Crippen molar-refractivity contribution in [1.29, 1.82) is 0 Å². The van der Waals surface area contributed by atoms with E-state index in [-0.39, 0.29) is 5.75 Å². The molecule has 0 aliphatic heterocycles. The molecule has 0 aromatic heterocycles. The third kappa shape index (κ3) is 1.96. The molecule has 0 aliphatic rings. The molecule has 1 aromatic carbocycles. The Morgan fingerprint density at radius 3 is 2.38 bits per heavy atom. The predicted molar refractivity (Wildman–Crippen MR) is 46.9 cm³/mol. The van der Waals surface area contributed by atoms with E-state index in [4.69, 9.17) is 10.4 Å². The monoisotopic (exact) mass is 180 g/mol. The zero-order valence-corrected chi connectivity index (χ0v) is 6.62. The van der Waals surface area contributed by atoms with Crippen LogP contribution in [0.3, 0.4) is 0 Å². The van der Waals surface area contributed by atoms with Gasteiger partial charge in [0.25, 0.3) is 0 Å². The van der Waals surface area contributed by atoms with Crippen molar-refractivity contribution in [3.8, 4) is 5.75 Å². The minimum Gasteiger partial charge on any atom is -0.507 e. The number of nitrogens with zero attached hydrogens (tertiary/aromatic N) is 2. The maximum atomic E-state index is 9.30. The second-order valence-electron chi connectivity index (χ2n) is 2.27. The molecule has 0 bridgehead atoms. The topological polar surface area (TPSA) is 85.4 Å². The van der Waals surface area contributed by atoms with Crippen LogP contribution in [-0.4, -0.2) is 28.0 Å². The second-order valence-corrected chi connectivity index (χ2v) is 2.27. The zero-order chi connectivity index (χ0) is 9.68. The average molecular weight is 180 g/mol. The number of aromatic hydroxyl groups is 1. The molecule has 0 amide bonds. The highest BCUT2D eigenvalue weighted by Crippen LogP contribution is 2.17. The first kappa shape index (κ1) is 9.05. The van der Waals surface area contributed by atoms with E-state index >= 15 is 0 Å². The first-order valence-electron chi connectivity index (χ1n) is 3.46. The SMILES string of the molecule is ON=Cc1cccc(O)c1/C=N/O. The van der Waals surface area contributed by atoms with Gasteiger partial charge in [-0.25, -0.2) is 0 Å². The highest BCUT2D eigenvalue weighted by Gasteiger charge is 2.02. The minimum absolute atomic E-state index is 0.0461. The Bertz CT molecular complexity index is 347. The first-order chi connectivity index (χ1) is 6.29.